The first kappa shape index (κ1) is 17.6. The Morgan fingerprint density at radius 3 is 2.96 bits per heavy atom. The molecule has 0 aliphatic rings. The van der Waals surface area contributed by atoms with Crippen molar-refractivity contribution < 1.29 is 9.53 Å². The second-order valence-corrected chi connectivity index (χ2v) is 6.26. The Kier molecular flexibility index (Phi) is 6.67. The third kappa shape index (κ3) is 5.41. The standard InChI is InChI=1S/C16H20ClN3O2S/c1-3-16-20-12(10-23-16)9-19-15(21)6-7-18-13-8-11(17)4-5-14(13)22-2/h4-5,8,10,18H,3,6-7,9H2,1-2H3,(H,19,21). The van der Waals surface area contributed by atoms with E-state index in [2.05, 4.69) is 22.5 Å². The molecule has 0 saturated carbocycles. The van der Waals surface area contributed by atoms with Gasteiger partial charge in [0.15, 0.2) is 0 Å². The number of benzene rings is 1. The Balaban J connectivity index is 1.75. The first-order valence-corrected chi connectivity index (χ1v) is 8.65. The molecule has 124 valence electrons. The van der Waals surface area contributed by atoms with Crippen molar-refractivity contribution in [1.82, 2.24) is 10.3 Å². The van der Waals surface area contributed by atoms with Gasteiger partial charge < -0.3 is 15.4 Å². The zero-order valence-electron chi connectivity index (χ0n) is 13.2. The van der Waals surface area contributed by atoms with Gasteiger partial charge in [0.05, 0.1) is 30.0 Å². The molecule has 2 aromatic rings. The first-order chi connectivity index (χ1) is 11.1. The number of hydrogen-bond acceptors (Lipinski definition) is 5. The minimum Gasteiger partial charge on any atom is -0.495 e. The summed E-state index contributed by atoms with van der Waals surface area (Å²) >= 11 is 7.59. The lowest BCUT2D eigenvalue weighted by atomic mass is 10.2. The molecule has 2 rings (SSSR count). The number of nitrogens with one attached hydrogen (secondary N) is 2. The molecular formula is C16H20ClN3O2S. The molecule has 7 heteroatoms. The van der Waals surface area contributed by atoms with Gasteiger partial charge in [-0.2, -0.15) is 0 Å². The molecule has 0 radical (unpaired) electrons. The van der Waals surface area contributed by atoms with E-state index in [1.54, 1.807) is 36.6 Å². The molecule has 0 aliphatic heterocycles. The van der Waals surface area contributed by atoms with E-state index in [9.17, 15) is 4.79 Å². The summed E-state index contributed by atoms with van der Waals surface area (Å²) in [6, 6.07) is 5.33. The fourth-order valence-corrected chi connectivity index (χ4v) is 2.92. The van der Waals surface area contributed by atoms with E-state index >= 15 is 0 Å². The van der Waals surface area contributed by atoms with Crippen molar-refractivity contribution >= 4 is 34.5 Å². The highest BCUT2D eigenvalue weighted by Crippen LogP contribution is 2.27. The van der Waals surface area contributed by atoms with Gasteiger partial charge in [-0.25, -0.2) is 4.98 Å². The summed E-state index contributed by atoms with van der Waals surface area (Å²) in [6.07, 6.45) is 1.28. The van der Waals surface area contributed by atoms with Gasteiger partial charge in [0.25, 0.3) is 0 Å². The van der Waals surface area contributed by atoms with E-state index in [0.717, 1.165) is 22.8 Å². The molecule has 1 aromatic carbocycles. The van der Waals surface area contributed by atoms with Crippen LogP contribution in [0, 0.1) is 0 Å². The third-order valence-electron chi connectivity index (χ3n) is 3.20. The fourth-order valence-electron chi connectivity index (χ4n) is 2.00. The maximum Gasteiger partial charge on any atom is 0.222 e. The molecule has 0 saturated heterocycles. The Morgan fingerprint density at radius 1 is 1.43 bits per heavy atom. The maximum atomic E-state index is 11.9. The van der Waals surface area contributed by atoms with Crippen LogP contribution in [0.15, 0.2) is 23.6 Å². The van der Waals surface area contributed by atoms with Gasteiger partial charge in [-0.05, 0) is 24.6 Å². The van der Waals surface area contributed by atoms with Crippen LogP contribution in [-0.4, -0.2) is 24.5 Å². The van der Waals surface area contributed by atoms with E-state index in [4.69, 9.17) is 16.3 Å². The van der Waals surface area contributed by atoms with Crippen molar-refractivity contribution in [2.45, 2.75) is 26.3 Å². The van der Waals surface area contributed by atoms with Crippen LogP contribution in [0.5, 0.6) is 5.75 Å². The summed E-state index contributed by atoms with van der Waals surface area (Å²) in [7, 11) is 1.60. The van der Waals surface area contributed by atoms with E-state index < -0.39 is 0 Å². The van der Waals surface area contributed by atoms with Crippen molar-refractivity contribution in [3.63, 3.8) is 0 Å². The maximum absolute atomic E-state index is 11.9. The van der Waals surface area contributed by atoms with Crippen LogP contribution in [0.4, 0.5) is 5.69 Å². The Morgan fingerprint density at radius 2 is 2.26 bits per heavy atom. The van der Waals surface area contributed by atoms with Crippen LogP contribution in [0.3, 0.4) is 0 Å². The van der Waals surface area contributed by atoms with Gasteiger partial charge in [-0.15, -0.1) is 11.3 Å². The largest absolute Gasteiger partial charge is 0.495 e. The van der Waals surface area contributed by atoms with Crippen LogP contribution in [0.2, 0.25) is 5.02 Å². The zero-order valence-corrected chi connectivity index (χ0v) is 14.8. The SMILES string of the molecule is CCc1nc(CNC(=O)CCNc2cc(Cl)ccc2OC)cs1. The van der Waals surface area contributed by atoms with Gasteiger partial charge in [0.1, 0.15) is 5.75 Å². The number of carbonyl (C=O) groups excluding carboxylic acids is 1. The van der Waals surface area contributed by atoms with Crippen molar-refractivity contribution in [2.24, 2.45) is 0 Å². The fraction of sp³-hybridized carbons (Fsp3) is 0.375. The molecule has 1 heterocycles. The Hall–Kier alpha value is -1.79. The molecule has 0 atom stereocenters. The van der Waals surface area contributed by atoms with E-state index in [0.29, 0.717) is 30.3 Å². The minimum absolute atomic E-state index is 0.0236. The summed E-state index contributed by atoms with van der Waals surface area (Å²) in [5, 5.41) is 9.72. The number of anilines is 1. The predicted octanol–water partition coefficient (Wildman–Crippen LogP) is 3.49. The second-order valence-electron chi connectivity index (χ2n) is 4.88. The molecule has 0 unspecified atom stereocenters. The van der Waals surface area contributed by atoms with Crippen molar-refractivity contribution in [1.29, 1.82) is 0 Å². The van der Waals surface area contributed by atoms with Gasteiger partial charge in [-0.3, -0.25) is 4.79 Å². The van der Waals surface area contributed by atoms with Crippen LogP contribution in [0.25, 0.3) is 0 Å². The number of halogens is 1. The number of methoxy groups -OCH3 is 1. The number of thiazole rings is 1. The summed E-state index contributed by atoms with van der Waals surface area (Å²) in [4.78, 5) is 16.3. The number of hydrogen-bond donors (Lipinski definition) is 2. The van der Waals surface area contributed by atoms with Crippen LogP contribution >= 0.6 is 22.9 Å². The van der Waals surface area contributed by atoms with Gasteiger partial charge >= 0.3 is 0 Å². The monoisotopic (exact) mass is 353 g/mol. The highest BCUT2D eigenvalue weighted by Gasteiger charge is 2.06. The van der Waals surface area contributed by atoms with Crippen LogP contribution in [0.1, 0.15) is 24.0 Å². The first-order valence-electron chi connectivity index (χ1n) is 7.39. The lowest BCUT2D eigenvalue weighted by Gasteiger charge is -2.11. The summed E-state index contributed by atoms with van der Waals surface area (Å²) in [6.45, 7) is 3.03. The highest BCUT2D eigenvalue weighted by molar-refractivity contribution is 7.09. The number of nitrogens with zero attached hydrogens (tertiary/aromatic N) is 1. The molecule has 0 fully saturated rings. The molecule has 5 nitrogen and oxygen atoms in total. The number of ether oxygens (including phenoxy) is 1. The van der Waals surface area contributed by atoms with E-state index in [-0.39, 0.29) is 5.91 Å². The van der Waals surface area contributed by atoms with Crippen LogP contribution in [-0.2, 0) is 17.8 Å². The van der Waals surface area contributed by atoms with Gasteiger partial charge in [-0.1, -0.05) is 18.5 Å². The Labute approximate surface area is 145 Å². The summed E-state index contributed by atoms with van der Waals surface area (Å²) in [5.74, 6) is 0.675. The molecule has 0 spiro atoms. The van der Waals surface area contributed by atoms with E-state index in [1.807, 2.05) is 5.38 Å². The van der Waals surface area contributed by atoms with Crippen LogP contribution < -0.4 is 15.4 Å². The van der Waals surface area contributed by atoms with E-state index in [1.165, 1.54) is 0 Å². The average Bonchev–Trinajstić information content (AvgIpc) is 3.01. The number of rotatable bonds is 8. The molecule has 1 amide bonds. The van der Waals surface area contributed by atoms with Gasteiger partial charge in [0.2, 0.25) is 5.91 Å². The van der Waals surface area contributed by atoms with Crippen molar-refractivity contribution in [2.75, 3.05) is 19.0 Å². The number of carbonyl (C=O) groups is 1. The molecule has 1 aromatic heterocycles. The lowest BCUT2D eigenvalue weighted by Crippen LogP contribution is -2.25. The second kappa shape index (κ2) is 8.74. The van der Waals surface area contributed by atoms with Crippen molar-refractivity contribution in [3.8, 4) is 5.75 Å². The summed E-state index contributed by atoms with van der Waals surface area (Å²) < 4.78 is 5.25. The Bertz CT molecular complexity index is 661. The average molecular weight is 354 g/mol. The smallest absolute Gasteiger partial charge is 0.222 e. The third-order valence-corrected chi connectivity index (χ3v) is 4.47. The number of aryl methyl sites for hydroxylation is 1. The number of amides is 1. The van der Waals surface area contributed by atoms with Gasteiger partial charge in [0, 0.05) is 23.4 Å². The molecule has 23 heavy (non-hydrogen) atoms. The molecular weight excluding hydrogens is 334 g/mol. The molecule has 0 aliphatic carbocycles. The van der Waals surface area contributed by atoms with Crippen molar-refractivity contribution in [3.05, 3.63) is 39.3 Å². The predicted molar refractivity (Wildman–Crippen MR) is 94.4 cm³/mol. The topological polar surface area (TPSA) is 63.2 Å². The zero-order chi connectivity index (χ0) is 16.7. The molecule has 2 N–H and O–H groups in total. The number of aromatic nitrogens is 1. The minimum atomic E-state index is -0.0236. The summed E-state index contributed by atoms with van der Waals surface area (Å²) in [5.41, 5.74) is 1.68. The quantitative estimate of drug-likeness (QED) is 0.762. The lowest BCUT2D eigenvalue weighted by molar-refractivity contribution is -0.121. The highest BCUT2D eigenvalue weighted by atomic mass is 35.5. The normalized spacial score (nSPS) is 10.4. The molecule has 0 bridgehead atoms.